The molecule has 0 aliphatic heterocycles. The van der Waals surface area contributed by atoms with E-state index in [4.69, 9.17) is 0 Å². The van der Waals surface area contributed by atoms with Gasteiger partial charge in [-0.1, -0.05) is 174 Å². The molecule has 0 aliphatic carbocycles. The fourth-order valence-electron chi connectivity index (χ4n) is 5.66. The number of carbonyl (C=O) groups is 1. The molecule has 2 atom stereocenters. The Morgan fingerprint density at radius 3 is 1.34 bits per heavy atom. The largest absolute Gasteiger partial charge is 0.394 e. The number of aliphatic hydroxyl groups is 2. The van der Waals surface area contributed by atoms with E-state index in [0.717, 1.165) is 32.1 Å². The molecule has 0 bridgehead atoms. The van der Waals surface area contributed by atoms with Gasteiger partial charge in [-0.3, -0.25) is 4.79 Å². The van der Waals surface area contributed by atoms with Gasteiger partial charge in [-0.15, -0.1) is 0 Å². The van der Waals surface area contributed by atoms with Gasteiger partial charge in [0.15, 0.2) is 0 Å². The van der Waals surface area contributed by atoms with E-state index in [2.05, 4.69) is 31.3 Å². The highest BCUT2D eigenvalue weighted by Gasteiger charge is 2.19. The third-order valence-corrected chi connectivity index (χ3v) is 8.53. The van der Waals surface area contributed by atoms with Gasteiger partial charge < -0.3 is 15.5 Å². The number of carbonyl (C=O) groups excluding carboxylic acids is 1. The third kappa shape index (κ3) is 30.4. The van der Waals surface area contributed by atoms with Crippen molar-refractivity contribution < 1.29 is 15.0 Å². The minimum absolute atomic E-state index is 0.0667. The number of allylic oxidation sites excluding steroid dienone is 2. The Kier molecular flexibility index (Phi) is 32.9. The molecule has 0 aromatic rings. The van der Waals surface area contributed by atoms with E-state index in [1.165, 1.54) is 141 Å². The topological polar surface area (TPSA) is 69.6 Å². The molecule has 0 aromatic carbocycles. The number of hydrogen-bond acceptors (Lipinski definition) is 3. The lowest BCUT2D eigenvalue weighted by Gasteiger charge is -2.22. The molecule has 4 nitrogen and oxygen atoms in total. The molecular weight excluding hydrogens is 506 g/mol. The third-order valence-electron chi connectivity index (χ3n) is 8.53. The van der Waals surface area contributed by atoms with Crippen molar-refractivity contribution in [3.05, 3.63) is 12.2 Å². The van der Waals surface area contributed by atoms with Gasteiger partial charge >= 0.3 is 0 Å². The fraction of sp³-hybridized carbons (Fsp3) is 0.919. The average Bonchev–Trinajstić information content (AvgIpc) is 2.97. The van der Waals surface area contributed by atoms with Crippen molar-refractivity contribution in [2.75, 3.05) is 6.61 Å². The summed E-state index contributed by atoms with van der Waals surface area (Å²) in [7, 11) is 0. The number of rotatable bonds is 33. The Balaban J connectivity index is 3.50. The molecule has 1 amide bonds. The molecule has 0 radical (unpaired) electrons. The van der Waals surface area contributed by atoms with Crippen LogP contribution in [0.25, 0.3) is 0 Å². The van der Waals surface area contributed by atoms with Gasteiger partial charge in [0, 0.05) is 6.42 Å². The number of amides is 1. The lowest BCUT2D eigenvalue weighted by Crippen LogP contribution is -2.45. The van der Waals surface area contributed by atoms with Gasteiger partial charge in [-0.05, 0) is 32.1 Å². The molecule has 4 heteroatoms. The van der Waals surface area contributed by atoms with Crippen molar-refractivity contribution in [1.29, 1.82) is 0 Å². The minimum Gasteiger partial charge on any atom is -0.394 e. The summed E-state index contributed by atoms with van der Waals surface area (Å²) >= 11 is 0. The van der Waals surface area contributed by atoms with Gasteiger partial charge in [0.05, 0.1) is 18.8 Å². The van der Waals surface area contributed by atoms with Crippen LogP contribution in [0.5, 0.6) is 0 Å². The van der Waals surface area contributed by atoms with E-state index in [9.17, 15) is 15.0 Å². The highest BCUT2D eigenvalue weighted by molar-refractivity contribution is 5.76. The van der Waals surface area contributed by atoms with E-state index in [0.29, 0.717) is 12.8 Å². The molecule has 244 valence electrons. The molecule has 0 aromatic heterocycles. The fourth-order valence-corrected chi connectivity index (χ4v) is 5.66. The van der Waals surface area contributed by atoms with E-state index >= 15 is 0 Å². The second-order valence-corrected chi connectivity index (χ2v) is 12.6. The lowest BCUT2D eigenvalue weighted by atomic mass is 10.0. The first-order chi connectivity index (χ1) is 20.2. The summed E-state index contributed by atoms with van der Waals surface area (Å²) in [6.45, 7) is 4.31. The molecule has 0 saturated heterocycles. The smallest absolute Gasteiger partial charge is 0.220 e. The Bertz CT molecular complexity index is 550. The van der Waals surface area contributed by atoms with E-state index < -0.39 is 12.1 Å². The summed E-state index contributed by atoms with van der Waals surface area (Å²) in [6.07, 6.45) is 40.0. The standard InChI is InChI=1S/C37H73NO3/c1-3-5-7-9-11-13-14-15-16-17-18-19-20-21-22-23-25-26-28-30-32-36(40)35(34-39)38-37(41)33-31-29-27-24-12-10-8-6-4-2/h24,27,35-36,39-40H,3-23,25-26,28-34H2,1-2H3,(H,38,41)/b27-24-. The first kappa shape index (κ1) is 40.1. The van der Waals surface area contributed by atoms with Crippen LogP contribution in [0.1, 0.15) is 200 Å². The lowest BCUT2D eigenvalue weighted by molar-refractivity contribution is -0.123. The zero-order valence-corrected chi connectivity index (χ0v) is 27.8. The molecule has 2 unspecified atom stereocenters. The van der Waals surface area contributed by atoms with E-state index in [-0.39, 0.29) is 12.5 Å². The summed E-state index contributed by atoms with van der Waals surface area (Å²) in [4.78, 5) is 12.2. The summed E-state index contributed by atoms with van der Waals surface area (Å²) in [5.41, 5.74) is 0. The van der Waals surface area contributed by atoms with Crippen LogP contribution < -0.4 is 5.32 Å². The minimum atomic E-state index is -0.664. The highest BCUT2D eigenvalue weighted by atomic mass is 16.3. The second-order valence-electron chi connectivity index (χ2n) is 12.6. The maximum atomic E-state index is 12.2. The molecule has 0 spiro atoms. The van der Waals surface area contributed by atoms with Gasteiger partial charge in [0.2, 0.25) is 5.91 Å². The van der Waals surface area contributed by atoms with Crippen molar-refractivity contribution in [2.24, 2.45) is 0 Å². The van der Waals surface area contributed by atoms with E-state index in [1.54, 1.807) is 0 Å². The van der Waals surface area contributed by atoms with Crippen LogP contribution >= 0.6 is 0 Å². The maximum absolute atomic E-state index is 12.2. The van der Waals surface area contributed by atoms with E-state index in [1.807, 2.05) is 0 Å². The quantitative estimate of drug-likeness (QED) is 0.0535. The predicted octanol–water partition coefficient (Wildman–Crippen LogP) is 10.7. The second kappa shape index (κ2) is 33.6. The molecular formula is C37H73NO3. The SMILES string of the molecule is CCCCCC/C=C\CCCC(=O)NC(CO)C(O)CCCCCCCCCCCCCCCCCCCCCC. The zero-order chi connectivity index (χ0) is 30.1. The Morgan fingerprint density at radius 1 is 0.561 bits per heavy atom. The zero-order valence-electron chi connectivity index (χ0n) is 27.8. The van der Waals surface area contributed by atoms with Gasteiger partial charge in [-0.2, -0.15) is 0 Å². The summed E-state index contributed by atoms with van der Waals surface area (Å²) in [6, 6.07) is -0.545. The van der Waals surface area contributed by atoms with Crippen molar-refractivity contribution in [1.82, 2.24) is 5.32 Å². The van der Waals surface area contributed by atoms with Gasteiger partial charge in [0.25, 0.3) is 0 Å². The molecule has 0 saturated carbocycles. The first-order valence-corrected chi connectivity index (χ1v) is 18.4. The van der Waals surface area contributed by atoms with Gasteiger partial charge in [0.1, 0.15) is 0 Å². The Labute approximate surface area is 256 Å². The Morgan fingerprint density at radius 2 is 0.927 bits per heavy atom. The first-order valence-electron chi connectivity index (χ1n) is 18.4. The van der Waals surface area contributed by atoms with Crippen molar-refractivity contribution in [3.63, 3.8) is 0 Å². The number of aliphatic hydroxyl groups excluding tert-OH is 2. The highest BCUT2D eigenvalue weighted by Crippen LogP contribution is 2.16. The van der Waals surface area contributed by atoms with Gasteiger partial charge in [-0.25, -0.2) is 0 Å². The summed E-state index contributed by atoms with van der Waals surface area (Å²) in [5, 5.41) is 22.9. The Hall–Kier alpha value is -0.870. The summed E-state index contributed by atoms with van der Waals surface area (Å²) < 4.78 is 0. The van der Waals surface area contributed by atoms with Crippen LogP contribution in [0.4, 0.5) is 0 Å². The van der Waals surface area contributed by atoms with Crippen LogP contribution in [0.15, 0.2) is 12.2 Å². The van der Waals surface area contributed by atoms with Crippen LogP contribution in [-0.4, -0.2) is 34.9 Å². The molecule has 0 fully saturated rings. The van der Waals surface area contributed by atoms with Crippen LogP contribution in [0, 0.1) is 0 Å². The monoisotopic (exact) mass is 580 g/mol. The normalized spacial score (nSPS) is 13.2. The molecule has 0 aliphatic rings. The number of nitrogens with one attached hydrogen (secondary N) is 1. The molecule has 41 heavy (non-hydrogen) atoms. The summed E-state index contributed by atoms with van der Waals surface area (Å²) in [5.74, 6) is -0.0667. The molecule has 3 N–H and O–H groups in total. The number of hydrogen-bond donors (Lipinski definition) is 3. The van der Waals surface area contributed by atoms with Crippen molar-refractivity contribution in [2.45, 2.75) is 212 Å². The van der Waals surface area contributed by atoms with Crippen LogP contribution in [-0.2, 0) is 4.79 Å². The van der Waals surface area contributed by atoms with Crippen molar-refractivity contribution >= 4 is 5.91 Å². The average molecular weight is 580 g/mol. The molecule has 0 heterocycles. The van der Waals surface area contributed by atoms with Crippen molar-refractivity contribution in [3.8, 4) is 0 Å². The number of unbranched alkanes of at least 4 members (excludes halogenated alkanes) is 24. The maximum Gasteiger partial charge on any atom is 0.220 e. The van der Waals surface area contributed by atoms with Crippen LogP contribution in [0.2, 0.25) is 0 Å². The molecule has 0 rings (SSSR count). The van der Waals surface area contributed by atoms with Crippen LogP contribution in [0.3, 0.4) is 0 Å². The predicted molar refractivity (Wildman–Crippen MR) is 179 cm³/mol.